The molecule has 3 heteroatoms. The van der Waals surface area contributed by atoms with Crippen LogP contribution in [0.15, 0.2) is 29.3 Å². The number of hydrogen-bond donors (Lipinski definition) is 1. The van der Waals surface area contributed by atoms with Crippen LogP contribution < -0.4 is 5.73 Å². The molecule has 1 saturated carbocycles. The van der Waals surface area contributed by atoms with E-state index in [1.165, 1.54) is 12.8 Å². The van der Waals surface area contributed by atoms with Crippen LogP contribution in [-0.4, -0.2) is 5.84 Å². The predicted molar refractivity (Wildman–Crippen MR) is 64.2 cm³/mol. The van der Waals surface area contributed by atoms with Crippen LogP contribution in [0.1, 0.15) is 31.4 Å². The first-order chi connectivity index (χ1) is 7.16. The Labute approximate surface area is 95.2 Å². The Morgan fingerprint density at radius 1 is 1.40 bits per heavy atom. The molecule has 0 aromatic heterocycles. The van der Waals surface area contributed by atoms with Crippen molar-refractivity contribution >= 4 is 17.4 Å². The number of halogens is 1. The van der Waals surface area contributed by atoms with E-state index in [4.69, 9.17) is 17.3 Å². The highest BCUT2D eigenvalue weighted by Gasteiger charge is 2.25. The molecule has 0 spiro atoms. The molecule has 2 rings (SSSR count). The number of aliphatic imine (C=N–C) groups is 1. The lowest BCUT2D eigenvalue weighted by Gasteiger charge is -2.08. The highest BCUT2D eigenvalue weighted by atomic mass is 35.5. The minimum absolute atomic E-state index is 0.128. The first-order valence-corrected chi connectivity index (χ1v) is 5.63. The van der Waals surface area contributed by atoms with Gasteiger partial charge in [0.1, 0.15) is 0 Å². The summed E-state index contributed by atoms with van der Waals surface area (Å²) in [6, 6.07) is 7.89. The maximum atomic E-state index is 5.87. The Morgan fingerprint density at radius 2 is 2.00 bits per heavy atom. The third kappa shape index (κ3) is 2.72. The third-order valence-electron chi connectivity index (χ3n) is 2.69. The molecular weight excluding hydrogens is 208 g/mol. The normalized spacial score (nSPS) is 18.9. The zero-order valence-corrected chi connectivity index (χ0v) is 9.54. The smallest absolute Gasteiger partial charge is 0.0975 e. The summed E-state index contributed by atoms with van der Waals surface area (Å²) in [4.78, 5) is 4.49. The summed E-state index contributed by atoms with van der Waals surface area (Å²) in [7, 11) is 0. The van der Waals surface area contributed by atoms with Gasteiger partial charge in [-0.3, -0.25) is 4.99 Å². The highest BCUT2D eigenvalue weighted by Crippen LogP contribution is 2.30. The van der Waals surface area contributed by atoms with Gasteiger partial charge in [-0.25, -0.2) is 0 Å². The van der Waals surface area contributed by atoms with Gasteiger partial charge in [0.2, 0.25) is 0 Å². The van der Waals surface area contributed by atoms with E-state index in [0.717, 1.165) is 16.4 Å². The Morgan fingerprint density at radius 3 is 2.53 bits per heavy atom. The van der Waals surface area contributed by atoms with Gasteiger partial charge in [0.25, 0.3) is 0 Å². The molecular formula is C12H15ClN2. The van der Waals surface area contributed by atoms with E-state index < -0.39 is 0 Å². The quantitative estimate of drug-likeness (QED) is 0.619. The molecule has 1 aliphatic carbocycles. The number of hydrogen-bond acceptors (Lipinski definition) is 1. The standard InChI is InChI=1S/C12H15ClN2/c1-8(15-12(14)10-2-3-10)9-4-6-11(13)7-5-9/h4-8,10H,2-3H2,1H3,(H2,14,15). The van der Waals surface area contributed by atoms with E-state index in [0.29, 0.717) is 5.92 Å². The van der Waals surface area contributed by atoms with Gasteiger partial charge in [-0.15, -0.1) is 0 Å². The van der Waals surface area contributed by atoms with Crippen molar-refractivity contribution in [1.82, 2.24) is 0 Å². The van der Waals surface area contributed by atoms with E-state index in [2.05, 4.69) is 11.9 Å². The van der Waals surface area contributed by atoms with Crippen LogP contribution in [-0.2, 0) is 0 Å². The molecule has 0 heterocycles. The molecule has 2 nitrogen and oxygen atoms in total. The van der Waals surface area contributed by atoms with Gasteiger partial charge in [0.15, 0.2) is 0 Å². The monoisotopic (exact) mass is 222 g/mol. The van der Waals surface area contributed by atoms with Crippen molar-refractivity contribution in [2.75, 3.05) is 0 Å². The van der Waals surface area contributed by atoms with E-state index >= 15 is 0 Å². The molecule has 1 fully saturated rings. The lowest BCUT2D eigenvalue weighted by Crippen LogP contribution is -2.15. The summed E-state index contributed by atoms with van der Waals surface area (Å²) < 4.78 is 0. The lowest BCUT2D eigenvalue weighted by atomic mass is 10.1. The Hall–Kier alpha value is -1.02. The maximum absolute atomic E-state index is 5.87. The first kappa shape index (κ1) is 10.5. The maximum Gasteiger partial charge on any atom is 0.0975 e. The topological polar surface area (TPSA) is 38.4 Å². The van der Waals surface area contributed by atoms with E-state index in [1.54, 1.807) is 0 Å². The van der Waals surface area contributed by atoms with Crippen molar-refractivity contribution in [3.8, 4) is 0 Å². The largest absolute Gasteiger partial charge is 0.387 e. The van der Waals surface area contributed by atoms with Gasteiger partial charge >= 0.3 is 0 Å². The summed E-state index contributed by atoms with van der Waals surface area (Å²) in [6.07, 6.45) is 2.39. The molecule has 1 unspecified atom stereocenters. The van der Waals surface area contributed by atoms with Crippen LogP contribution >= 0.6 is 11.6 Å². The fourth-order valence-electron chi connectivity index (χ4n) is 1.52. The Balaban J connectivity index is 2.09. The van der Waals surface area contributed by atoms with E-state index in [9.17, 15) is 0 Å². The van der Waals surface area contributed by atoms with Crippen molar-refractivity contribution in [3.63, 3.8) is 0 Å². The van der Waals surface area contributed by atoms with Crippen molar-refractivity contribution in [2.45, 2.75) is 25.8 Å². The predicted octanol–water partition coefficient (Wildman–Crippen LogP) is 3.17. The molecule has 0 radical (unpaired) electrons. The lowest BCUT2D eigenvalue weighted by molar-refractivity contribution is 0.808. The van der Waals surface area contributed by atoms with E-state index in [1.807, 2.05) is 24.3 Å². The molecule has 1 aliphatic rings. The molecule has 15 heavy (non-hydrogen) atoms. The molecule has 0 aliphatic heterocycles. The Bertz CT molecular complexity index is 366. The van der Waals surface area contributed by atoms with Crippen molar-refractivity contribution in [3.05, 3.63) is 34.9 Å². The minimum atomic E-state index is 0.128. The van der Waals surface area contributed by atoms with Gasteiger partial charge in [-0.1, -0.05) is 23.7 Å². The van der Waals surface area contributed by atoms with Crippen molar-refractivity contribution in [1.29, 1.82) is 0 Å². The molecule has 0 amide bonds. The molecule has 1 atom stereocenters. The van der Waals surface area contributed by atoms with Gasteiger partial charge in [-0.05, 0) is 37.5 Å². The van der Waals surface area contributed by atoms with Crippen LogP contribution in [0.2, 0.25) is 5.02 Å². The van der Waals surface area contributed by atoms with Crippen molar-refractivity contribution in [2.24, 2.45) is 16.6 Å². The number of amidine groups is 1. The number of rotatable bonds is 3. The second-order valence-corrected chi connectivity index (χ2v) is 4.49. The molecule has 0 saturated heterocycles. The van der Waals surface area contributed by atoms with Gasteiger partial charge in [-0.2, -0.15) is 0 Å². The molecule has 80 valence electrons. The minimum Gasteiger partial charge on any atom is -0.387 e. The number of nitrogens with zero attached hydrogens (tertiary/aromatic N) is 1. The van der Waals surface area contributed by atoms with E-state index in [-0.39, 0.29) is 6.04 Å². The second kappa shape index (κ2) is 4.23. The van der Waals surface area contributed by atoms with Crippen molar-refractivity contribution < 1.29 is 0 Å². The summed E-state index contributed by atoms with van der Waals surface area (Å²) in [5, 5.41) is 0.755. The van der Waals surface area contributed by atoms with Gasteiger partial charge < -0.3 is 5.73 Å². The van der Waals surface area contributed by atoms with Crippen LogP contribution in [0.25, 0.3) is 0 Å². The summed E-state index contributed by atoms with van der Waals surface area (Å²) in [6.45, 7) is 2.05. The second-order valence-electron chi connectivity index (χ2n) is 4.06. The summed E-state index contributed by atoms with van der Waals surface area (Å²) in [5.74, 6) is 1.34. The zero-order chi connectivity index (χ0) is 10.8. The molecule has 1 aromatic carbocycles. The van der Waals surface area contributed by atoms with Gasteiger partial charge in [0, 0.05) is 10.9 Å². The summed E-state index contributed by atoms with van der Waals surface area (Å²) >= 11 is 5.82. The SMILES string of the molecule is CC(N=C(N)C1CC1)c1ccc(Cl)cc1. The van der Waals surface area contributed by atoms with Crippen LogP contribution in [0.5, 0.6) is 0 Å². The summed E-state index contributed by atoms with van der Waals surface area (Å²) in [5.41, 5.74) is 7.03. The average Bonchev–Trinajstić information content (AvgIpc) is 3.01. The average molecular weight is 223 g/mol. The fraction of sp³-hybridized carbons (Fsp3) is 0.417. The van der Waals surface area contributed by atoms with Gasteiger partial charge in [0.05, 0.1) is 11.9 Å². The zero-order valence-electron chi connectivity index (χ0n) is 8.78. The third-order valence-corrected chi connectivity index (χ3v) is 2.94. The number of nitrogens with two attached hydrogens (primary N) is 1. The number of benzene rings is 1. The van der Waals surface area contributed by atoms with Crippen LogP contribution in [0, 0.1) is 5.92 Å². The molecule has 0 bridgehead atoms. The van der Waals surface area contributed by atoms with Crippen LogP contribution in [0.3, 0.4) is 0 Å². The van der Waals surface area contributed by atoms with Crippen LogP contribution in [0.4, 0.5) is 0 Å². The fourth-order valence-corrected chi connectivity index (χ4v) is 1.65. The Kier molecular flexibility index (Phi) is 2.96. The molecule has 2 N–H and O–H groups in total. The first-order valence-electron chi connectivity index (χ1n) is 5.25. The highest BCUT2D eigenvalue weighted by molar-refractivity contribution is 6.30. The molecule has 1 aromatic rings.